The lowest BCUT2D eigenvalue weighted by Gasteiger charge is -2.12. The molecule has 4 nitrogen and oxygen atoms in total. The third-order valence-electron chi connectivity index (χ3n) is 2.50. The molecule has 0 bridgehead atoms. The number of carbonyl (C=O) groups excluding carboxylic acids is 1. The van der Waals surface area contributed by atoms with E-state index in [2.05, 4.69) is 10.6 Å². The standard InChI is InChI=1S/C13H18ClN3OS/c1-2-7-17-11(18)6-8-16-10-5-3-4-9(14)12(10)13(15)19/h3-5,16H,2,6-8H2,1H3,(H2,15,19)(H,17,18). The SMILES string of the molecule is CCCNC(=O)CCNc1cccc(Cl)c1C(N)=S. The summed E-state index contributed by atoms with van der Waals surface area (Å²) in [4.78, 5) is 11.7. The van der Waals surface area contributed by atoms with Crippen molar-refractivity contribution in [2.45, 2.75) is 19.8 Å². The second kappa shape index (κ2) is 7.96. The summed E-state index contributed by atoms with van der Waals surface area (Å²) in [6.45, 7) is 3.22. The topological polar surface area (TPSA) is 67.2 Å². The van der Waals surface area contributed by atoms with Gasteiger partial charge in [0, 0.05) is 25.2 Å². The van der Waals surface area contributed by atoms with Gasteiger partial charge in [-0.1, -0.05) is 36.8 Å². The lowest BCUT2D eigenvalue weighted by Crippen LogP contribution is -2.26. The van der Waals surface area contributed by atoms with Crippen molar-refractivity contribution in [1.82, 2.24) is 5.32 Å². The molecule has 104 valence electrons. The van der Waals surface area contributed by atoms with Crippen molar-refractivity contribution in [2.24, 2.45) is 5.73 Å². The minimum absolute atomic E-state index is 0.0215. The molecule has 1 rings (SSSR count). The van der Waals surface area contributed by atoms with Gasteiger partial charge >= 0.3 is 0 Å². The van der Waals surface area contributed by atoms with E-state index in [4.69, 9.17) is 29.6 Å². The van der Waals surface area contributed by atoms with Gasteiger partial charge in [0.1, 0.15) is 4.99 Å². The van der Waals surface area contributed by atoms with Gasteiger partial charge in [0.15, 0.2) is 0 Å². The highest BCUT2D eigenvalue weighted by molar-refractivity contribution is 7.80. The molecule has 6 heteroatoms. The Morgan fingerprint density at radius 2 is 2.16 bits per heavy atom. The lowest BCUT2D eigenvalue weighted by atomic mass is 10.1. The molecule has 0 aliphatic carbocycles. The van der Waals surface area contributed by atoms with Gasteiger partial charge in [-0.05, 0) is 18.6 Å². The molecule has 0 aliphatic rings. The van der Waals surface area contributed by atoms with Crippen LogP contribution in [0.25, 0.3) is 0 Å². The van der Waals surface area contributed by atoms with Gasteiger partial charge in [0.05, 0.1) is 10.6 Å². The van der Waals surface area contributed by atoms with E-state index in [9.17, 15) is 4.79 Å². The Morgan fingerprint density at radius 1 is 1.42 bits per heavy atom. The molecule has 0 unspecified atom stereocenters. The number of amides is 1. The van der Waals surface area contributed by atoms with Crippen LogP contribution in [0, 0.1) is 0 Å². The fourth-order valence-corrected chi connectivity index (χ4v) is 2.14. The van der Waals surface area contributed by atoms with Gasteiger partial charge < -0.3 is 16.4 Å². The average Bonchev–Trinajstić information content (AvgIpc) is 2.36. The average molecular weight is 300 g/mol. The van der Waals surface area contributed by atoms with Gasteiger partial charge in [0.2, 0.25) is 5.91 Å². The Bertz CT molecular complexity index is 465. The van der Waals surface area contributed by atoms with Gasteiger partial charge in [-0.3, -0.25) is 4.79 Å². The summed E-state index contributed by atoms with van der Waals surface area (Å²) < 4.78 is 0. The lowest BCUT2D eigenvalue weighted by molar-refractivity contribution is -0.120. The number of rotatable bonds is 7. The molecular formula is C13H18ClN3OS. The summed E-state index contributed by atoms with van der Waals surface area (Å²) in [7, 11) is 0. The number of hydrogen-bond donors (Lipinski definition) is 3. The van der Waals surface area contributed by atoms with Crippen LogP contribution in [-0.4, -0.2) is 24.0 Å². The maximum atomic E-state index is 11.5. The van der Waals surface area contributed by atoms with E-state index in [1.54, 1.807) is 6.07 Å². The van der Waals surface area contributed by atoms with Gasteiger partial charge in [-0.15, -0.1) is 0 Å². The van der Waals surface area contributed by atoms with Crippen molar-refractivity contribution in [3.05, 3.63) is 28.8 Å². The first-order valence-electron chi connectivity index (χ1n) is 6.15. The molecule has 0 saturated heterocycles. The molecule has 0 saturated carbocycles. The third-order valence-corrected chi connectivity index (χ3v) is 3.02. The zero-order valence-electron chi connectivity index (χ0n) is 10.8. The molecule has 0 spiro atoms. The molecule has 0 heterocycles. The van der Waals surface area contributed by atoms with Crippen LogP contribution in [0.15, 0.2) is 18.2 Å². The summed E-state index contributed by atoms with van der Waals surface area (Å²) in [5, 5.41) is 6.45. The Hall–Kier alpha value is -1.33. The molecule has 19 heavy (non-hydrogen) atoms. The predicted molar refractivity (Wildman–Crippen MR) is 83.7 cm³/mol. The predicted octanol–water partition coefficient (Wildman–Crippen LogP) is 2.30. The van der Waals surface area contributed by atoms with Crippen molar-refractivity contribution in [3.8, 4) is 0 Å². The molecule has 0 fully saturated rings. The molecule has 1 amide bonds. The highest BCUT2D eigenvalue weighted by atomic mass is 35.5. The largest absolute Gasteiger partial charge is 0.389 e. The van der Waals surface area contributed by atoms with Crippen molar-refractivity contribution in [1.29, 1.82) is 0 Å². The number of nitrogens with one attached hydrogen (secondary N) is 2. The number of thiocarbonyl (C=S) groups is 1. The summed E-state index contributed by atoms with van der Waals surface area (Å²) in [6.07, 6.45) is 1.32. The highest BCUT2D eigenvalue weighted by Crippen LogP contribution is 2.24. The monoisotopic (exact) mass is 299 g/mol. The van der Waals surface area contributed by atoms with E-state index in [0.29, 0.717) is 30.1 Å². The van der Waals surface area contributed by atoms with Crippen molar-refractivity contribution in [2.75, 3.05) is 18.4 Å². The van der Waals surface area contributed by atoms with Crippen molar-refractivity contribution >= 4 is 40.4 Å². The summed E-state index contributed by atoms with van der Waals surface area (Å²) in [6, 6.07) is 5.38. The molecule has 0 atom stereocenters. The first kappa shape index (κ1) is 15.7. The fraction of sp³-hybridized carbons (Fsp3) is 0.385. The van der Waals surface area contributed by atoms with E-state index >= 15 is 0 Å². The zero-order valence-corrected chi connectivity index (χ0v) is 12.4. The normalized spacial score (nSPS) is 10.0. The maximum Gasteiger partial charge on any atom is 0.221 e. The number of anilines is 1. The van der Waals surface area contributed by atoms with E-state index in [1.807, 2.05) is 19.1 Å². The summed E-state index contributed by atoms with van der Waals surface area (Å²) >= 11 is 11.0. The van der Waals surface area contributed by atoms with Crippen LogP contribution in [0.3, 0.4) is 0 Å². The van der Waals surface area contributed by atoms with Gasteiger partial charge in [-0.25, -0.2) is 0 Å². The first-order chi connectivity index (χ1) is 9.06. The molecule has 0 aromatic heterocycles. The van der Waals surface area contributed by atoms with Crippen molar-refractivity contribution < 1.29 is 4.79 Å². The van der Waals surface area contributed by atoms with Gasteiger partial charge in [-0.2, -0.15) is 0 Å². The molecule has 4 N–H and O–H groups in total. The fourth-order valence-electron chi connectivity index (χ4n) is 1.59. The molecular weight excluding hydrogens is 282 g/mol. The number of halogens is 1. The van der Waals surface area contributed by atoms with E-state index < -0.39 is 0 Å². The summed E-state index contributed by atoms with van der Waals surface area (Å²) in [5.41, 5.74) is 7.01. The van der Waals surface area contributed by atoms with Crippen LogP contribution in [0.4, 0.5) is 5.69 Å². The van der Waals surface area contributed by atoms with Crippen LogP contribution in [0.2, 0.25) is 5.02 Å². The van der Waals surface area contributed by atoms with Crippen LogP contribution in [0.1, 0.15) is 25.3 Å². The Kier molecular flexibility index (Phi) is 6.59. The quantitative estimate of drug-likeness (QED) is 0.676. The van der Waals surface area contributed by atoms with E-state index in [0.717, 1.165) is 12.1 Å². The number of nitrogens with two attached hydrogens (primary N) is 1. The van der Waals surface area contributed by atoms with Gasteiger partial charge in [0.25, 0.3) is 0 Å². The second-order valence-electron chi connectivity index (χ2n) is 4.05. The van der Waals surface area contributed by atoms with Crippen molar-refractivity contribution in [3.63, 3.8) is 0 Å². The van der Waals surface area contributed by atoms with Crippen LogP contribution in [0.5, 0.6) is 0 Å². The number of benzene rings is 1. The Morgan fingerprint density at radius 3 is 2.79 bits per heavy atom. The molecule has 1 aromatic carbocycles. The second-order valence-corrected chi connectivity index (χ2v) is 4.90. The Labute approximate surface area is 123 Å². The van der Waals surface area contributed by atoms with Crippen LogP contribution >= 0.6 is 23.8 Å². The minimum Gasteiger partial charge on any atom is -0.389 e. The number of hydrogen-bond acceptors (Lipinski definition) is 3. The zero-order chi connectivity index (χ0) is 14.3. The smallest absolute Gasteiger partial charge is 0.221 e. The molecule has 0 aliphatic heterocycles. The minimum atomic E-state index is 0.0215. The Balaban J connectivity index is 2.56. The summed E-state index contributed by atoms with van der Waals surface area (Å²) in [5.74, 6) is 0.0215. The third kappa shape index (κ3) is 5.04. The van der Waals surface area contributed by atoms with Crippen LogP contribution < -0.4 is 16.4 Å². The molecule has 0 radical (unpaired) electrons. The highest BCUT2D eigenvalue weighted by Gasteiger charge is 2.09. The number of carbonyl (C=O) groups is 1. The van der Waals surface area contributed by atoms with Crippen LogP contribution in [-0.2, 0) is 4.79 Å². The molecule has 1 aromatic rings. The van der Waals surface area contributed by atoms with E-state index in [-0.39, 0.29) is 10.9 Å². The maximum absolute atomic E-state index is 11.5. The van der Waals surface area contributed by atoms with E-state index in [1.165, 1.54) is 0 Å². The first-order valence-corrected chi connectivity index (χ1v) is 6.93.